The molecule has 2 aliphatic rings. The van der Waals surface area contributed by atoms with E-state index in [1.54, 1.807) is 19.2 Å². The highest BCUT2D eigenvalue weighted by Gasteiger charge is 2.29. The molecule has 1 amide bonds. The zero-order valence-electron chi connectivity index (χ0n) is 21.1. The van der Waals surface area contributed by atoms with Crippen LogP contribution in [0.15, 0.2) is 18.3 Å². The number of ketones is 1. The van der Waals surface area contributed by atoms with Crippen molar-refractivity contribution in [3.63, 3.8) is 0 Å². The number of carbonyl (C=O) groups is 2. The first-order valence-corrected chi connectivity index (χ1v) is 12.9. The van der Waals surface area contributed by atoms with E-state index in [-0.39, 0.29) is 17.9 Å². The van der Waals surface area contributed by atoms with Gasteiger partial charge in [0.25, 0.3) is 0 Å². The van der Waals surface area contributed by atoms with Gasteiger partial charge in [0, 0.05) is 45.0 Å². The second-order valence-corrected chi connectivity index (χ2v) is 11.1. The summed E-state index contributed by atoms with van der Waals surface area (Å²) in [7, 11) is 0. The molecule has 0 atom stereocenters. The maximum atomic E-state index is 12.3. The van der Waals surface area contributed by atoms with Crippen molar-refractivity contribution in [2.75, 3.05) is 38.0 Å². The lowest BCUT2D eigenvalue weighted by atomic mass is 9.85. The average Bonchev–Trinajstić information content (AvgIpc) is 2.80. The van der Waals surface area contributed by atoms with Crippen molar-refractivity contribution in [3.8, 4) is 0 Å². The number of Topliss-reactive ketones (excluding diaryl/α,β-unsaturated/α-hetero) is 1. The molecule has 2 fully saturated rings. The molecule has 2 aromatic rings. The van der Waals surface area contributed by atoms with Crippen LogP contribution in [0.3, 0.4) is 0 Å². The van der Waals surface area contributed by atoms with Crippen LogP contribution in [0, 0.1) is 5.92 Å². The van der Waals surface area contributed by atoms with Gasteiger partial charge in [0.15, 0.2) is 5.78 Å². The molecule has 35 heavy (non-hydrogen) atoms. The van der Waals surface area contributed by atoms with Crippen LogP contribution >= 0.6 is 11.6 Å². The smallest absolute Gasteiger partial charge is 0.410 e. The largest absolute Gasteiger partial charge is 0.444 e. The van der Waals surface area contributed by atoms with Gasteiger partial charge in [0.1, 0.15) is 16.3 Å². The minimum absolute atomic E-state index is 0.0390. The quantitative estimate of drug-likeness (QED) is 0.455. The molecule has 3 heterocycles. The number of rotatable bonds is 5. The van der Waals surface area contributed by atoms with Gasteiger partial charge in [-0.3, -0.25) is 14.7 Å². The van der Waals surface area contributed by atoms with E-state index in [0.717, 1.165) is 56.5 Å². The number of ether oxygens (including phenoxy) is 1. The number of amides is 1. The Labute approximate surface area is 212 Å². The van der Waals surface area contributed by atoms with Crippen LogP contribution in [0.1, 0.15) is 63.7 Å². The highest BCUT2D eigenvalue weighted by atomic mass is 35.5. The van der Waals surface area contributed by atoms with Crippen molar-refractivity contribution >= 4 is 40.2 Å². The fourth-order valence-corrected chi connectivity index (χ4v) is 5.10. The molecule has 2 aromatic heterocycles. The van der Waals surface area contributed by atoms with Gasteiger partial charge in [-0.05, 0) is 71.4 Å². The van der Waals surface area contributed by atoms with Gasteiger partial charge < -0.3 is 15.0 Å². The Kier molecular flexibility index (Phi) is 7.81. The number of nitrogens with one attached hydrogen (secondary N) is 1. The van der Waals surface area contributed by atoms with Crippen LogP contribution in [-0.4, -0.2) is 76.0 Å². The zero-order chi connectivity index (χ0) is 25.2. The summed E-state index contributed by atoms with van der Waals surface area (Å²) >= 11 is 6.15. The number of pyridine rings is 2. The standard InChI is InChI=1S/C26H36ClN5O3/c1-17(33)20-15-28-21-9-10-22(27)30-24(21)23(20)29-19-7-5-18(6-8-19)16-31-11-13-32(14-12-31)25(34)35-26(2,3)4/h9-10,15,18-19H,5-8,11-14,16H2,1-4H3,(H,28,29). The van der Waals surface area contributed by atoms with Crippen LogP contribution in [0.2, 0.25) is 5.15 Å². The lowest BCUT2D eigenvalue weighted by Crippen LogP contribution is -2.51. The van der Waals surface area contributed by atoms with Crippen molar-refractivity contribution in [1.82, 2.24) is 19.8 Å². The first-order valence-electron chi connectivity index (χ1n) is 12.5. The lowest BCUT2D eigenvalue weighted by molar-refractivity contribution is 0.0128. The van der Waals surface area contributed by atoms with Crippen molar-refractivity contribution in [3.05, 3.63) is 29.0 Å². The Bertz CT molecular complexity index is 1070. The summed E-state index contributed by atoms with van der Waals surface area (Å²) < 4.78 is 5.50. The number of halogens is 1. The Morgan fingerprint density at radius 3 is 2.43 bits per heavy atom. The molecule has 1 aliphatic heterocycles. The number of hydrogen-bond acceptors (Lipinski definition) is 7. The van der Waals surface area contributed by atoms with Gasteiger partial charge in [-0.1, -0.05) is 11.6 Å². The number of aromatic nitrogens is 2. The Morgan fingerprint density at radius 1 is 1.11 bits per heavy atom. The third-order valence-corrected chi connectivity index (χ3v) is 7.00. The van der Waals surface area contributed by atoms with Crippen LogP contribution in [-0.2, 0) is 4.74 Å². The molecular weight excluding hydrogens is 466 g/mol. The van der Waals surface area contributed by atoms with E-state index in [0.29, 0.717) is 35.2 Å². The minimum Gasteiger partial charge on any atom is -0.444 e. The van der Waals surface area contributed by atoms with Crippen LogP contribution in [0.4, 0.5) is 10.5 Å². The van der Waals surface area contributed by atoms with Gasteiger partial charge >= 0.3 is 6.09 Å². The van der Waals surface area contributed by atoms with Crippen molar-refractivity contribution < 1.29 is 14.3 Å². The van der Waals surface area contributed by atoms with Crippen molar-refractivity contribution in [1.29, 1.82) is 0 Å². The van der Waals surface area contributed by atoms with E-state index in [1.165, 1.54) is 0 Å². The van der Waals surface area contributed by atoms with Crippen LogP contribution < -0.4 is 5.32 Å². The number of anilines is 1. The first-order chi connectivity index (χ1) is 16.6. The predicted octanol–water partition coefficient (Wildman–Crippen LogP) is 5.01. The van der Waals surface area contributed by atoms with E-state index in [1.807, 2.05) is 31.7 Å². The number of hydrogen-bond donors (Lipinski definition) is 1. The number of fused-ring (bicyclic) bond motifs is 1. The molecule has 0 spiro atoms. The molecule has 1 aliphatic carbocycles. The first kappa shape index (κ1) is 25.6. The topological polar surface area (TPSA) is 87.7 Å². The number of piperazine rings is 1. The molecule has 0 unspecified atom stereocenters. The Morgan fingerprint density at radius 2 is 1.80 bits per heavy atom. The fraction of sp³-hybridized carbons (Fsp3) is 0.615. The molecule has 0 radical (unpaired) electrons. The van der Waals surface area contributed by atoms with Crippen LogP contribution in [0.25, 0.3) is 11.0 Å². The third-order valence-electron chi connectivity index (χ3n) is 6.79. The fourth-order valence-electron chi connectivity index (χ4n) is 4.95. The molecule has 4 rings (SSSR count). The zero-order valence-corrected chi connectivity index (χ0v) is 21.9. The van der Waals surface area contributed by atoms with Crippen molar-refractivity contribution in [2.45, 2.75) is 65.0 Å². The van der Waals surface area contributed by atoms with E-state index >= 15 is 0 Å². The summed E-state index contributed by atoms with van der Waals surface area (Å²) in [6.45, 7) is 11.5. The number of carbonyl (C=O) groups excluding carboxylic acids is 2. The maximum Gasteiger partial charge on any atom is 0.410 e. The van der Waals surface area contributed by atoms with E-state index in [2.05, 4.69) is 20.2 Å². The highest BCUT2D eigenvalue weighted by molar-refractivity contribution is 6.30. The highest BCUT2D eigenvalue weighted by Crippen LogP contribution is 2.32. The van der Waals surface area contributed by atoms with E-state index in [4.69, 9.17) is 16.3 Å². The molecule has 9 heteroatoms. The Hall–Kier alpha value is -2.45. The molecule has 0 bridgehead atoms. The molecule has 190 valence electrons. The normalized spacial score (nSPS) is 21.7. The average molecular weight is 502 g/mol. The minimum atomic E-state index is -0.461. The Balaban J connectivity index is 1.30. The monoisotopic (exact) mass is 501 g/mol. The van der Waals surface area contributed by atoms with Gasteiger partial charge in [0.05, 0.1) is 16.8 Å². The second-order valence-electron chi connectivity index (χ2n) is 10.7. The lowest BCUT2D eigenvalue weighted by Gasteiger charge is -2.38. The predicted molar refractivity (Wildman–Crippen MR) is 138 cm³/mol. The third kappa shape index (κ3) is 6.61. The summed E-state index contributed by atoms with van der Waals surface area (Å²) in [6.07, 6.45) is 5.72. The number of nitrogens with zero attached hydrogens (tertiary/aromatic N) is 4. The van der Waals surface area contributed by atoms with Crippen molar-refractivity contribution in [2.24, 2.45) is 5.92 Å². The summed E-state index contributed by atoms with van der Waals surface area (Å²) in [5.74, 6) is 0.595. The molecule has 1 saturated carbocycles. The molecule has 0 aromatic carbocycles. The second kappa shape index (κ2) is 10.7. The van der Waals surface area contributed by atoms with E-state index < -0.39 is 5.60 Å². The molecular formula is C26H36ClN5O3. The molecule has 1 N–H and O–H groups in total. The van der Waals surface area contributed by atoms with Gasteiger partial charge in [-0.2, -0.15) is 0 Å². The molecule has 1 saturated heterocycles. The summed E-state index contributed by atoms with van der Waals surface area (Å²) in [6, 6.07) is 3.83. The SMILES string of the molecule is CC(=O)c1cnc2ccc(Cl)nc2c1NC1CCC(CN2CCN(C(=O)OC(C)(C)C)CC2)CC1. The van der Waals surface area contributed by atoms with Gasteiger partial charge in [-0.25, -0.2) is 9.78 Å². The van der Waals surface area contributed by atoms with Gasteiger partial charge in [0.2, 0.25) is 0 Å². The maximum absolute atomic E-state index is 12.3. The summed E-state index contributed by atoms with van der Waals surface area (Å²) in [5, 5.41) is 4.00. The van der Waals surface area contributed by atoms with E-state index in [9.17, 15) is 9.59 Å². The molecule has 8 nitrogen and oxygen atoms in total. The summed E-state index contributed by atoms with van der Waals surface area (Å²) in [5.41, 5.74) is 2.21. The van der Waals surface area contributed by atoms with Crippen LogP contribution in [0.5, 0.6) is 0 Å². The summed E-state index contributed by atoms with van der Waals surface area (Å²) in [4.78, 5) is 37.7. The van der Waals surface area contributed by atoms with Gasteiger partial charge in [-0.15, -0.1) is 0 Å².